The molecule has 0 aliphatic rings. The number of aliphatic imine (C=N–C) groups is 1. The van der Waals surface area contributed by atoms with Crippen molar-refractivity contribution in [2.24, 2.45) is 4.99 Å². The van der Waals surface area contributed by atoms with Crippen LogP contribution in [-0.4, -0.2) is 45.2 Å². The number of methoxy groups -OCH3 is 1. The normalized spacial score (nSPS) is 11.3. The van der Waals surface area contributed by atoms with Gasteiger partial charge in [-0.15, -0.1) is 0 Å². The first-order chi connectivity index (χ1) is 12.7. The molecular formula is C21H29N3O2. The Hall–Kier alpha value is -2.53. The highest BCUT2D eigenvalue weighted by Crippen LogP contribution is 2.11. The van der Waals surface area contributed by atoms with Crippen molar-refractivity contribution in [2.75, 3.05) is 34.4 Å². The number of nitrogens with one attached hydrogen (secondary N) is 1. The number of hydrogen-bond donors (Lipinski definition) is 1. The highest BCUT2D eigenvalue weighted by molar-refractivity contribution is 5.79. The minimum atomic E-state index is 0.618. The van der Waals surface area contributed by atoms with Crippen LogP contribution in [0.4, 0.5) is 0 Å². The van der Waals surface area contributed by atoms with E-state index >= 15 is 0 Å². The second-order valence-corrected chi connectivity index (χ2v) is 6.20. The molecule has 0 aliphatic heterocycles. The molecule has 0 unspecified atom stereocenters. The lowest BCUT2D eigenvalue weighted by Gasteiger charge is -2.17. The van der Waals surface area contributed by atoms with Gasteiger partial charge in [-0.05, 0) is 29.7 Å². The van der Waals surface area contributed by atoms with Crippen LogP contribution in [-0.2, 0) is 17.9 Å². The maximum absolute atomic E-state index is 5.73. The Labute approximate surface area is 156 Å². The quantitative estimate of drug-likeness (QED) is 0.426. The van der Waals surface area contributed by atoms with Gasteiger partial charge >= 0.3 is 0 Å². The van der Waals surface area contributed by atoms with Gasteiger partial charge < -0.3 is 19.7 Å². The van der Waals surface area contributed by atoms with Crippen LogP contribution in [0.3, 0.4) is 0 Å². The summed E-state index contributed by atoms with van der Waals surface area (Å²) >= 11 is 0. The average Bonchev–Trinajstić information content (AvgIpc) is 2.67. The molecule has 1 N–H and O–H groups in total. The molecule has 5 heteroatoms. The van der Waals surface area contributed by atoms with Crippen LogP contribution in [0.2, 0.25) is 0 Å². The molecule has 0 aromatic heterocycles. The van der Waals surface area contributed by atoms with E-state index in [1.807, 2.05) is 61.5 Å². The summed E-state index contributed by atoms with van der Waals surface area (Å²) in [4.78, 5) is 6.66. The Kier molecular flexibility index (Phi) is 8.49. The third-order valence-corrected chi connectivity index (χ3v) is 3.85. The van der Waals surface area contributed by atoms with E-state index in [-0.39, 0.29) is 0 Å². The van der Waals surface area contributed by atoms with Gasteiger partial charge in [0.2, 0.25) is 0 Å². The largest absolute Gasteiger partial charge is 0.497 e. The Morgan fingerprint density at radius 2 is 1.73 bits per heavy atom. The van der Waals surface area contributed by atoms with Crippen molar-refractivity contribution in [3.05, 3.63) is 65.7 Å². The third-order valence-electron chi connectivity index (χ3n) is 3.85. The van der Waals surface area contributed by atoms with Gasteiger partial charge in [0.05, 0.1) is 20.3 Å². The van der Waals surface area contributed by atoms with Gasteiger partial charge in [0, 0.05) is 27.2 Å². The van der Waals surface area contributed by atoms with Crippen LogP contribution in [0.15, 0.2) is 59.6 Å². The highest BCUT2D eigenvalue weighted by atomic mass is 16.5. The van der Waals surface area contributed by atoms with E-state index in [1.165, 1.54) is 5.56 Å². The van der Waals surface area contributed by atoms with Crippen molar-refractivity contribution in [1.29, 1.82) is 0 Å². The topological polar surface area (TPSA) is 46.1 Å². The summed E-state index contributed by atoms with van der Waals surface area (Å²) < 4.78 is 10.9. The number of ether oxygens (including phenoxy) is 2. The summed E-state index contributed by atoms with van der Waals surface area (Å²) in [5, 5.41) is 3.38. The fourth-order valence-corrected chi connectivity index (χ4v) is 2.39. The maximum atomic E-state index is 5.73. The van der Waals surface area contributed by atoms with E-state index in [0.29, 0.717) is 19.8 Å². The average molecular weight is 355 g/mol. The third kappa shape index (κ3) is 7.15. The van der Waals surface area contributed by atoms with Gasteiger partial charge in [0.25, 0.3) is 0 Å². The van der Waals surface area contributed by atoms with E-state index in [1.54, 1.807) is 7.11 Å². The first-order valence-electron chi connectivity index (χ1n) is 8.89. The van der Waals surface area contributed by atoms with Gasteiger partial charge in [0.1, 0.15) is 5.75 Å². The molecule has 0 heterocycles. The molecule has 2 aromatic carbocycles. The lowest BCUT2D eigenvalue weighted by Crippen LogP contribution is -2.37. The lowest BCUT2D eigenvalue weighted by atomic mass is 10.2. The van der Waals surface area contributed by atoms with Crippen LogP contribution in [0.1, 0.15) is 17.5 Å². The van der Waals surface area contributed by atoms with Crippen molar-refractivity contribution in [3.63, 3.8) is 0 Å². The molecule has 0 amide bonds. The molecule has 0 spiro atoms. The van der Waals surface area contributed by atoms with E-state index in [4.69, 9.17) is 9.47 Å². The molecule has 2 rings (SSSR count). The van der Waals surface area contributed by atoms with Crippen molar-refractivity contribution in [1.82, 2.24) is 10.2 Å². The second kappa shape index (κ2) is 11.2. The molecule has 0 saturated carbocycles. The summed E-state index contributed by atoms with van der Waals surface area (Å²) in [6.07, 6.45) is 0.925. The van der Waals surface area contributed by atoms with Gasteiger partial charge in [0.15, 0.2) is 5.96 Å². The van der Waals surface area contributed by atoms with Gasteiger partial charge in [-0.2, -0.15) is 0 Å². The minimum absolute atomic E-state index is 0.618. The molecule has 140 valence electrons. The van der Waals surface area contributed by atoms with Crippen LogP contribution in [0.25, 0.3) is 0 Å². The van der Waals surface area contributed by atoms with Crippen LogP contribution in [0, 0.1) is 0 Å². The summed E-state index contributed by atoms with van der Waals surface area (Å²) in [7, 11) is 5.66. The standard InChI is InChI=1S/C21H29N3O2/c1-24(2)21(23-16-18-8-5-4-6-9-18)22-14-7-15-26-17-19-10-12-20(25-3)13-11-19/h4-6,8-13H,7,14-17H2,1-3H3,(H,22,23). The predicted octanol–water partition coefficient (Wildman–Crippen LogP) is 3.31. The number of guanidine groups is 1. The SMILES string of the molecule is COc1ccc(COCCCNC(=NCc2ccccc2)N(C)C)cc1. The first-order valence-corrected chi connectivity index (χ1v) is 8.89. The smallest absolute Gasteiger partial charge is 0.193 e. The second-order valence-electron chi connectivity index (χ2n) is 6.20. The van der Waals surface area contributed by atoms with Gasteiger partial charge in [-0.3, -0.25) is 0 Å². The summed E-state index contributed by atoms with van der Waals surface area (Å²) in [6, 6.07) is 18.2. The zero-order valence-corrected chi connectivity index (χ0v) is 15.9. The van der Waals surface area contributed by atoms with Crippen molar-refractivity contribution in [3.8, 4) is 5.75 Å². The van der Waals surface area contributed by atoms with Crippen LogP contribution < -0.4 is 10.1 Å². The fraction of sp³-hybridized carbons (Fsp3) is 0.381. The molecule has 0 radical (unpaired) electrons. The number of rotatable bonds is 9. The van der Waals surface area contributed by atoms with Crippen molar-refractivity contribution in [2.45, 2.75) is 19.6 Å². The highest BCUT2D eigenvalue weighted by Gasteiger charge is 2.01. The molecule has 5 nitrogen and oxygen atoms in total. The Bertz CT molecular complexity index is 655. The molecule has 26 heavy (non-hydrogen) atoms. The molecular weight excluding hydrogens is 326 g/mol. The molecule has 0 saturated heterocycles. The number of benzene rings is 2. The zero-order valence-electron chi connectivity index (χ0n) is 15.9. The van der Waals surface area contributed by atoms with E-state index < -0.39 is 0 Å². The number of hydrogen-bond acceptors (Lipinski definition) is 3. The summed E-state index contributed by atoms with van der Waals surface area (Å²) in [6.45, 7) is 2.83. The first kappa shape index (κ1) is 19.8. The molecule has 0 aliphatic carbocycles. The van der Waals surface area contributed by atoms with Crippen molar-refractivity contribution < 1.29 is 9.47 Å². The predicted molar refractivity (Wildman–Crippen MR) is 107 cm³/mol. The van der Waals surface area contributed by atoms with Gasteiger partial charge in [-0.25, -0.2) is 4.99 Å². The molecule has 0 bridgehead atoms. The van der Waals surface area contributed by atoms with E-state index in [0.717, 1.165) is 30.2 Å². The summed E-state index contributed by atoms with van der Waals surface area (Å²) in [5.74, 6) is 1.76. The maximum Gasteiger partial charge on any atom is 0.193 e. The number of nitrogens with zero attached hydrogens (tertiary/aromatic N) is 2. The van der Waals surface area contributed by atoms with Crippen LogP contribution in [0.5, 0.6) is 5.75 Å². The van der Waals surface area contributed by atoms with E-state index in [9.17, 15) is 0 Å². The molecule has 0 fully saturated rings. The minimum Gasteiger partial charge on any atom is -0.497 e. The zero-order chi connectivity index (χ0) is 18.6. The Balaban J connectivity index is 1.66. The lowest BCUT2D eigenvalue weighted by molar-refractivity contribution is 0.119. The Morgan fingerprint density at radius 3 is 2.38 bits per heavy atom. The Morgan fingerprint density at radius 1 is 1.00 bits per heavy atom. The monoisotopic (exact) mass is 355 g/mol. The summed E-state index contributed by atoms with van der Waals surface area (Å²) in [5.41, 5.74) is 2.36. The molecule has 2 aromatic rings. The van der Waals surface area contributed by atoms with Crippen LogP contribution >= 0.6 is 0 Å². The van der Waals surface area contributed by atoms with E-state index in [2.05, 4.69) is 22.4 Å². The molecule has 0 atom stereocenters. The van der Waals surface area contributed by atoms with Crippen molar-refractivity contribution >= 4 is 5.96 Å². The van der Waals surface area contributed by atoms with Gasteiger partial charge in [-0.1, -0.05) is 42.5 Å². The fourth-order valence-electron chi connectivity index (χ4n) is 2.39.